The number of hydrogen-bond donors (Lipinski definition) is 6. The summed E-state index contributed by atoms with van der Waals surface area (Å²) < 4.78 is 12.9. The number of halogens is 1. The Balaban J connectivity index is 1.19. The molecule has 2 saturated carbocycles. The Morgan fingerprint density at radius 1 is 0.980 bits per heavy atom. The average molecular weight is 731 g/mol. The first kappa shape index (κ1) is 38.5. The van der Waals surface area contributed by atoms with Gasteiger partial charge in [0.15, 0.2) is 6.10 Å². The number of carbonyl (C=O) groups is 1. The lowest BCUT2D eigenvalue weighted by atomic mass is 9.96. The standard InChI is InChI=1S/C37H47ClN2O9S/c38-30-11-10-26(50-19-5-17-40(16-3-4-18-41)36(47)35(46)34(45)33(44)31(43)22-42)20-24(30)23-48-37(13-14-37)29-21-39-15-12-27(29)28-6-1-2-7-32(28)49-25-8-9-25/h1-2,6-7,10-12,15,20-21,25,31,33-35,41-46H,3-5,8-9,13-14,16-19,22-23H2/t31-,33+,34-,35-/m0/s1. The molecule has 5 rings (SSSR count). The number of thioether (sulfide) groups is 1. The fraction of sp³-hybridized carbons (Fsp3) is 0.514. The molecule has 50 heavy (non-hydrogen) atoms. The minimum absolute atomic E-state index is 0.0547. The molecule has 13 heteroatoms. The van der Waals surface area contributed by atoms with E-state index in [-0.39, 0.29) is 25.8 Å². The third kappa shape index (κ3) is 9.96. The summed E-state index contributed by atoms with van der Waals surface area (Å²) >= 11 is 8.21. The molecule has 2 aromatic carbocycles. The smallest absolute Gasteiger partial charge is 0.254 e. The van der Waals surface area contributed by atoms with E-state index in [0.717, 1.165) is 58.6 Å². The number of amides is 1. The highest BCUT2D eigenvalue weighted by atomic mass is 35.5. The van der Waals surface area contributed by atoms with Crippen LogP contribution in [0.5, 0.6) is 5.75 Å². The molecule has 6 N–H and O–H groups in total. The molecule has 2 aliphatic carbocycles. The number of pyridine rings is 1. The van der Waals surface area contributed by atoms with Gasteiger partial charge in [-0.05, 0) is 92.2 Å². The second-order valence-corrected chi connectivity index (χ2v) is 14.5. The van der Waals surface area contributed by atoms with Crippen LogP contribution in [0, 0.1) is 0 Å². The van der Waals surface area contributed by atoms with Crippen molar-refractivity contribution >= 4 is 29.3 Å². The lowest BCUT2D eigenvalue weighted by molar-refractivity contribution is -0.158. The maximum atomic E-state index is 13.0. The summed E-state index contributed by atoms with van der Waals surface area (Å²) in [6, 6.07) is 15.9. The van der Waals surface area contributed by atoms with Gasteiger partial charge in [0, 0.05) is 53.1 Å². The first-order chi connectivity index (χ1) is 24.2. The van der Waals surface area contributed by atoms with Crippen molar-refractivity contribution in [1.82, 2.24) is 9.88 Å². The summed E-state index contributed by atoms with van der Waals surface area (Å²) in [7, 11) is 0. The van der Waals surface area contributed by atoms with Crippen LogP contribution in [0.3, 0.4) is 0 Å². The summed E-state index contributed by atoms with van der Waals surface area (Å²) in [5, 5.41) is 59.1. The summed E-state index contributed by atoms with van der Waals surface area (Å²) in [5.74, 6) is 0.691. The third-order valence-electron chi connectivity index (χ3n) is 9.03. The lowest BCUT2D eigenvalue weighted by Crippen LogP contribution is -2.53. The zero-order chi connectivity index (χ0) is 35.7. The van der Waals surface area contributed by atoms with Gasteiger partial charge in [-0.3, -0.25) is 9.78 Å². The summed E-state index contributed by atoms with van der Waals surface area (Å²) in [4.78, 5) is 19.8. The van der Waals surface area contributed by atoms with Crippen molar-refractivity contribution in [3.05, 3.63) is 77.1 Å². The topological polar surface area (TPSA) is 173 Å². The van der Waals surface area contributed by atoms with Gasteiger partial charge in [-0.25, -0.2) is 0 Å². The van der Waals surface area contributed by atoms with E-state index in [1.807, 2.05) is 48.7 Å². The molecule has 0 aliphatic heterocycles. The number of hydrogen-bond acceptors (Lipinski definition) is 11. The van der Waals surface area contributed by atoms with Crippen molar-refractivity contribution in [2.24, 2.45) is 0 Å². The number of rotatable bonds is 21. The van der Waals surface area contributed by atoms with E-state index in [9.17, 15) is 30.3 Å². The second kappa shape index (κ2) is 18.1. The largest absolute Gasteiger partial charge is 0.490 e. The first-order valence-corrected chi connectivity index (χ1v) is 18.5. The minimum atomic E-state index is -1.99. The average Bonchev–Trinajstić information content (AvgIpc) is 4.09. The third-order valence-corrected chi connectivity index (χ3v) is 10.5. The molecule has 1 heterocycles. The SMILES string of the molecule is O=C([C@@H](O)[C@@H](O)[C@H](O)[C@@H](O)CO)N(CCCCO)CCCSc1ccc(Cl)c(COC2(c3cnccc3-c3ccccc3OC3CC3)CC2)c1. The molecule has 2 fully saturated rings. The number of aliphatic hydroxyl groups is 6. The van der Waals surface area contributed by atoms with E-state index < -0.39 is 42.5 Å². The first-order valence-electron chi connectivity index (χ1n) is 17.2. The van der Waals surface area contributed by atoms with Crippen LogP contribution in [-0.2, 0) is 21.7 Å². The maximum Gasteiger partial charge on any atom is 0.254 e. The van der Waals surface area contributed by atoms with Crippen LogP contribution >= 0.6 is 23.4 Å². The van der Waals surface area contributed by atoms with Gasteiger partial charge in [0.25, 0.3) is 5.91 Å². The number of nitrogens with zero attached hydrogens (tertiary/aromatic N) is 2. The van der Waals surface area contributed by atoms with Crippen LogP contribution < -0.4 is 4.74 Å². The monoisotopic (exact) mass is 730 g/mol. The quantitative estimate of drug-likeness (QED) is 0.0698. The molecule has 0 bridgehead atoms. The van der Waals surface area contributed by atoms with Crippen LogP contribution in [0.25, 0.3) is 11.1 Å². The Morgan fingerprint density at radius 3 is 2.46 bits per heavy atom. The van der Waals surface area contributed by atoms with Gasteiger partial charge in [-0.15, -0.1) is 11.8 Å². The Bertz CT molecular complexity index is 1560. The number of para-hydroxylation sites is 1. The molecule has 3 aromatic rings. The Kier molecular flexibility index (Phi) is 13.9. The molecule has 272 valence electrons. The number of carbonyl (C=O) groups excluding carboxylic acids is 1. The highest BCUT2D eigenvalue weighted by Gasteiger charge is 2.48. The predicted octanol–water partition coefficient (Wildman–Crippen LogP) is 3.67. The number of ether oxygens (including phenoxy) is 2. The number of aromatic nitrogens is 1. The van der Waals surface area contributed by atoms with Crippen molar-refractivity contribution in [2.75, 3.05) is 32.1 Å². The second-order valence-electron chi connectivity index (χ2n) is 12.9. The van der Waals surface area contributed by atoms with Crippen LogP contribution in [0.4, 0.5) is 0 Å². The predicted molar refractivity (Wildman–Crippen MR) is 190 cm³/mol. The van der Waals surface area contributed by atoms with E-state index >= 15 is 0 Å². The van der Waals surface area contributed by atoms with Gasteiger partial charge < -0.3 is 45.0 Å². The summed E-state index contributed by atoms with van der Waals surface area (Å²) in [6.07, 6.45) is 1.74. The van der Waals surface area contributed by atoms with Gasteiger partial charge >= 0.3 is 0 Å². The fourth-order valence-corrected chi connectivity index (χ4v) is 6.84. The highest BCUT2D eigenvalue weighted by molar-refractivity contribution is 7.99. The molecular weight excluding hydrogens is 684 g/mol. The van der Waals surface area contributed by atoms with Gasteiger partial charge in [0.2, 0.25) is 0 Å². The summed E-state index contributed by atoms with van der Waals surface area (Å²) in [6.45, 7) is -0.0953. The van der Waals surface area contributed by atoms with Gasteiger partial charge in [0.05, 0.1) is 24.9 Å². The molecule has 1 aromatic heterocycles. The van der Waals surface area contributed by atoms with Gasteiger partial charge in [0.1, 0.15) is 24.1 Å². The van der Waals surface area contributed by atoms with E-state index in [1.54, 1.807) is 18.0 Å². The Morgan fingerprint density at radius 2 is 1.74 bits per heavy atom. The molecule has 0 radical (unpaired) electrons. The zero-order valence-corrected chi connectivity index (χ0v) is 29.5. The van der Waals surface area contributed by atoms with Crippen molar-refractivity contribution in [3.63, 3.8) is 0 Å². The number of unbranched alkanes of at least 4 members (excludes halogenated alkanes) is 1. The van der Waals surface area contributed by atoms with Crippen molar-refractivity contribution < 1.29 is 44.9 Å². The van der Waals surface area contributed by atoms with Gasteiger partial charge in [-0.2, -0.15) is 0 Å². The molecule has 1 amide bonds. The van der Waals surface area contributed by atoms with Crippen LogP contribution in [-0.4, -0.2) is 109 Å². The molecular formula is C37H47ClN2O9S. The maximum absolute atomic E-state index is 13.0. The minimum Gasteiger partial charge on any atom is -0.490 e. The molecule has 4 atom stereocenters. The number of aliphatic hydroxyl groups excluding tert-OH is 6. The number of benzene rings is 2. The zero-order valence-electron chi connectivity index (χ0n) is 27.9. The van der Waals surface area contributed by atoms with E-state index in [0.29, 0.717) is 36.6 Å². The summed E-state index contributed by atoms with van der Waals surface area (Å²) in [5.41, 5.74) is 3.49. The Labute approximate surface area is 301 Å². The van der Waals surface area contributed by atoms with E-state index in [4.69, 9.17) is 26.2 Å². The molecule has 0 saturated heterocycles. The normalized spacial score (nSPS) is 17.5. The van der Waals surface area contributed by atoms with E-state index in [1.165, 1.54) is 4.90 Å². The van der Waals surface area contributed by atoms with E-state index in [2.05, 4.69) is 11.1 Å². The van der Waals surface area contributed by atoms with Crippen molar-refractivity contribution in [2.45, 2.75) is 92.6 Å². The van der Waals surface area contributed by atoms with Crippen LogP contribution in [0.1, 0.15) is 56.1 Å². The lowest BCUT2D eigenvalue weighted by Gasteiger charge is -2.30. The van der Waals surface area contributed by atoms with Crippen molar-refractivity contribution in [1.29, 1.82) is 0 Å². The van der Waals surface area contributed by atoms with Crippen molar-refractivity contribution in [3.8, 4) is 16.9 Å². The molecule has 2 aliphatic rings. The highest BCUT2D eigenvalue weighted by Crippen LogP contribution is 2.53. The molecule has 0 spiro atoms. The molecule has 11 nitrogen and oxygen atoms in total. The van der Waals surface area contributed by atoms with Crippen LogP contribution in [0.15, 0.2) is 65.8 Å². The Hall–Kier alpha value is -2.78. The van der Waals surface area contributed by atoms with Crippen LogP contribution in [0.2, 0.25) is 5.02 Å². The molecule has 0 unspecified atom stereocenters. The van der Waals surface area contributed by atoms with Gasteiger partial charge in [-0.1, -0.05) is 29.8 Å². The fourth-order valence-electron chi connectivity index (χ4n) is 5.77.